The summed E-state index contributed by atoms with van der Waals surface area (Å²) < 4.78 is 52.3. The summed E-state index contributed by atoms with van der Waals surface area (Å²) in [5, 5.41) is 2.48. The van der Waals surface area contributed by atoms with Crippen LogP contribution < -0.4 is 19.1 Å². The molecular weight excluding hydrogens is 483 g/mol. The summed E-state index contributed by atoms with van der Waals surface area (Å²) in [5.74, 6) is -0.755. The van der Waals surface area contributed by atoms with E-state index in [1.165, 1.54) is 38.5 Å². The standard InChI is InChI=1S/C24H24ClFN2O5S/c1-4-16-7-5-6-8-21(16)27-24(29)15-28(17-9-11-20(26)19(25)13-17)34(30,31)18-10-12-22(32-2)23(14-18)33-3/h5-14H,4,15H2,1-3H3,(H,27,29). The van der Waals surface area contributed by atoms with Crippen LogP contribution in [0.15, 0.2) is 65.6 Å². The number of benzene rings is 3. The molecule has 0 fully saturated rings. The Morgan fingerprint density at radius 2 is 1.74 bits per heavy atom. The van der Waals surface area contributed by atoms with Crippen LogP contribution in [0.4, 0.5) is 15.8 Å². The molecule has 0 aliphatic rings. The molecule has 0 saturated heterocycles. The number of sulfonamides is 1. The molecule has 0 aromatic heterocycles. The van der Waals surface area contributed by atoms with Gasteiger partial charge in [-0.1, -0.05) is 36.7 Å². The molecule has 0 heterocycles. The van der Waals surface area contributed by atoms with E-state index in [9.17, 15) is 17.6 Å². The van der Waals surface area contributed by atoms with E-state index in [0.717, 1.165) is 22.0 Å². The van der Waals surface area contributed by atoms with Crippen molar-refractivity contribution in [3.05, 3.63) is 77.1 Å². The fourth-order valence-electron chi connectivity index (χ4n) is 3.33. The highest BCUT2D eigenvalue weighted by molar-refractivity contribution is 7.92. The van der Waals surface area contributed by atoms with Crippen LogP contribution in [-0.2, 0) is 21.2 Å². The number of hydrogen-bond donors (Lipinski definition) is 1. The average Bonchev–Trinajstić information content (AvgIpc) is 2.84. The molecule has 0 bridgehead atoms. The first-order valence-electron chi connectivity index (χ1n) is 10.3. The van der Waals surface area contributed by atoms with Gasteiger partial charge >= 0.3 is 0 Å². The Kier molecular flexibility index (Phi) is 8.01. The molecule has 34 heavy (non-hydrogen) atoms. The zero-order valence-electron chi connectivity index (χ0n) is 18.8. The summed E-state index contributed by atoms with van der Waals surface area (Å²) in [5.41, 5.74) is 1.51. The largest absolute Gasteiger partial charge is 0.493 e. The molecule has 0 saturated carbocycles. The highest BCUT2D eigenvalue weighted by Crippen LogP contribution is 2.33. The molecular formula is C24H24ClFN2O5S. The number of aryl methyl sites for hydroxylation is 1. The highest BCUT2D eigenvalue weighted by atomic mass is 35.5. The first-order chi connectivity index (χ1) is 16.2. The van der Waals surface area contributed by atoms with E-state index in [1.54, 1.807) is 12.1 Å². The van der Waals surface area contributed by atoms with Crippen LogP contribution >= 0.6 is 11.6 Å². The van der Waals surface area contributed by atoms with Crippen molar-refractivity contribution in [3.8, 4) is 11.5 Å². The van der Waals surface area contributed by atoms with Gasteiger partial charge in [-0.05, 0) is 48.4 Å². The van der Waals surface area contributed by atoms with E-state index in [-0.39, 0.29) is 21.4 Å². The van der Waals surface area contributed by atoms with Gasteiger partial charge in [0.1, 0.15) is 12.4 Å². The molecule has 1 N–H and O–H groups in total. The maximum absolute atomic E-state index is 13.8. The number of ether oxygens (including phenoxy) is 2. The number of nitrogens with one attached hydrogen (secondary N) is 1. The monoisotopic (exact) mass is 506 g/mol. The summed E-state index contributed by atoms with van der Waals surface area (Å²) in [6.45, 7) is 1.37. The quantitative estimate of drug-likeness (QED) is 0.446. The Labute approximate surface area is 203 Å². The molecule has 0 aliphatic heterocycles. The van der Waals surface area contributed by atoms with E-state index in [0.29, 0.717) is 17.9 Å². The lowest BCUT2D eigenvalue weighted by molar-refractivity contribution is -0.114. The summed E-state index contributed by atoms with van der Waals surface area (Å²) in [6.07, 6.45) is 0.678. The van der Waals surface area contributed by atoms with Gasteiger partial charge < -0.3 is 14.8 Å². The second-order valence-electron chi connectivity index (χ2n) is 7.19. The number of halogens is 2. The number of para-hydroxylation sites is 1. The first kappa shape index (κ1) is 25.3. The van der Waals surface area contributed by atoms with Crippen LogP contribution in [0.3, 0.4) is 0 Å². The van der Waals surface area contributed by atoms with E-state index < -0.39 is 28.3 Å². The molecule has 0 radical (unpaired) electrons. The van der Waals surface area contributed by atoms with Crippen molar-refractivity contribution in [2.75, 3.05) is 30.4 Å². The summed E-state index contributed by atoms with van der Waals surface area (Å²) >= 11 is 5.91. The fraction of sp³-hybridized carbons (Fsp3) is 0.208. The van der Waals surface area contributed by atoms with Gasteiger partial charge in [-0.2, -0.15) is 0 Å². The van der Waals surface area contributed by atoms with Crippen molar-refractivity contribution < 1.29 is 27.1 Å². The van der Waals surface area contributed by atoms with Gasteiger partial charge in [-0.3, -0.25) is 9.10 Å². The predicted molar refractivity (Wildman–Crippen MR) is 130 cm³/mol. The van der Waals surface area contributed by atoms with Crippen LogP contribution in [0.25, 0.3) is 0 Å². The van der Waals surface area contributed by atoms with Crippen LogP contribution in [0.5, 0.6) is 11.5 Å². The van der Waals surface area contributed by atoms with E-state index in [4.69, 9.17) is 21.1 Å². The minimum atomic E-state index is -4.29. The minimum absolute atomic E-state index is 0.0279. The lowest BCUT2D eigenvalue weighted by atomic mass is 10.1. The number of anilines is 2. The topological polar surface area (TPSA) is 84.9 Å². The predicted octanol–water partition coefficient (Wildman–Crippen LogP) is 4.89. The van der Waals surface area contributed by atoms with Crippen molar-refractivity contribution in [3.63, 3.8) is 0 Å². The van der Waals surface area contributed by atoms with Crippen molar-refractivity contribution in [1.29, 1.82) is 0 Å². The zero-order chi connectivity index (χ0) is 24.9. The average molecular weight is 507 g/mol. The maximum Gasteiger partial charge on any atom is 0.264 e. The van der Waals surface area contributed by atoms with Crippen molar-refractivity contribution in [1.82, 2.24) is 0 Å². The van der Waals surface area contributed by atoms with Crippen molar-refractivity contribution >= 4 is 38.9 Å². The molecule has 3 aromatic rings. The van der Waals surface area contributed by atoms with Gasteiger partial charge in [0, 0.05) is 11.8 Å². The molecule has 0 aliphatic carbocycles. The van der Waals surface area contributed by atoms with Gasteiger partial charge in [0.2, 0.25) is 5.91 Å². The Balaban J connectivity index is 2.03. The highest BCUT2D eigenvalue weighted by Gasteiger charge is 2.29. The number of amides is 1. The maximum atomic E-state index is 13.8. The zero-order valence-corrected chi connectivity index (χ0v) is 20.4. The van der Waals surface area contributed by atoms with Gasteiger partial charge in [-0.25, -0.2) is 12.8 Å². The smallest absolute Gasteiger partial charge is 0.264 e. The molecule has 7 nitrogen and oxygen atoms in total. The molecule has 180 valence electrons. The lowest BCUT2D eigenvalue weighted by Gasteiger charge is -2.25. The molecule has 0 unspecified atom stereocenters. The lowest BCUT2D eigenvalue weighted by Crippen LogP contribution is -2.38. The number of nitrogens with zero attached hydrogens (tertiary/aromatic N) is 1. The van der Waals surface area contributed by atoms with Crippen LogP contribution in [0.2, 0.25) is 5.02 Å². The summed E-state index contributed by atoms with van der Waals surface area (Å²) in [6, 6.07) is 14.7. The van der Waals surface area contributed by atoms with E-state index in [2.05, 4.69) is 5.32 Å². The number of hydrogen-bond acceptors (Lipinski definition) is 5. The SMILES string of the molecule is CCc1ccccc1NC(=O)CN(c1ccc(F)c(Cl)c1)S(=O)(=O)c1ccc(OC)c(OC)c1. The second-order valence-corrected chi connectivity index (χ2v) is 9.46. The van der Waals surface area contributed by atoms with Crippen LogP contribution in [0, 0.1) is 5.82 Å². The summed E-state index contributed by atoms with van der Waals surface area (Å²) in [7, 11) is -1.48. The van der Waals surface area contributed by atoms with Gasteiger partial charge in [-0.15, -0.1) is 0 Å². The fourth-order valence-corrected chi connectivity index (χ4v) is 4.93. The molecule has 10 heteroatoms. The van der Waals surface area contributed by atoms with Gasteiger partial charge in [0.25, 0.3) is 10.0 Å². The number of carbonyl (C=O) groups excluding carboxylic acids is 1. The normalized spacial score (nSPS) is 11.1. The second kappa shape index (κ2) is 10.8. The summed E-state index contributed by atoms with van der Waals surface area (Å²) in [4.78, 5) is 12.8. The van der Waals surface area contributed by atoms with E-state index >= 15 is 0 Å². The third-order valence-corrected chi connectivity index (χ3v) is 7.15. The van der Waals surface area contributed by atoms with Gasteiger partial charge in [0.05, 0.1) is 29.8 Å². The Hall–Kier alpha value is -3.30. The third kappa shape index (κ3) is 5.43. The Morgan fingerprint density at radius 1 is 1.03 bits per heavy atom. The Morgan fingerprint density at radius 3 is 2.38 bits per heavy atom. The molecule has 3 rings (SSSR count). The number of methoxy groups -OCH3 is 2. The minimum Gasteiger partial charge on any atom is -0.493 e. The number of carbonyl (C=O) groups is 1. The first-order valence-corrected chi connectivity index (χ1v) is 12.1. The Bertz CT molecular complexity index is 1300. The van der Waals surface area contributed by atoms with Crippen LogP contribution in [0.1, 0.15) is 12.5 Å². The molecule has 0 spiro atoms. The van der Waals surface area contributed by atoms with E-state index in [1.807, 2.05) is 19.1 Å². The third-order valence-electron chi connectivity index (χ3n) is 5.09. The molecule has 1 amide bonds. The van der Waals surface area contributed by atoms with Crippen LogP contribution in [-0.4, -0.2) is 35.1 Å². The van der Waals surface area contributed by atoms with Crippen molar-refractivity contribution in [2.24, 2.45) is 0 Å². The molecule has 0 atom stereocenters. The van der Waals surface area contributed by atoms with Gasteiger partial charge in [0.15, 0.2) is 11.5 Å². The van der Waals surface area contributed by atoms with Crippen molar-refractivity contribution in [2.45, 2.75) is 18.2 Å². The molecule has 3 aromatic carbocycles. The number of rotatable bonds is 9.